The molecule has 2 aliphatic heterocycles. The van der Waals surface area contributed by atoms with Gasteiger partial charge in [-0.1, -0.05) is 84.9 Å². The number of hydrogen-bond donors (Lipinski definition) is 1. The van der Waals surface area contributed by atoms with Crippen LogP contribution < -0.4 is 5.46 Å². The second kappa shape index (κ2) is 8.95. The topological polar surface area (TPSA) is 43.6 Å². The van der Waals surface area contributed by atoms with Crippen LogP contribution >= 0.6 is 0 Å². The van der Waals surface area contributed by atoms with Gasteiger partial charge in [0.25, 0.3) is 0 Å². The predicted octanol–water partition coefficient (Wildman–Crippen LogP) is 7.22. The summed E-state index contributed by atoms with van der Waals surface area (Å²) in [7, 11) is -0.615. The first-order valence-electron chi connectivity index (χ1n) is 14.6. The van der Waals surface area contributed by atoms with E-state index in [4.69, 9.17) is 9.31 Å². The fourth-order valence-corrected chi connectivity index (χ4v) is 6.79. The van der Waals surface area contributed by atoms with Crippen LogP contribution in [0.3, 0.4) is 0 Å². The number of rotatable bonds is 3. The van der Waals surface area contributed by atoms with Gasteiger partial charge in [0.05, 0.1) is 22.2 Å². The van der Waals surface area contributed by atoms with Crippen LogP contribution in [0, 0.1) is 0 Å². The molecule has 204 valence electrons. The third-order valence-corrected chi connectivity index (χ3v) is 9.59. The SMILES string of the molecule is CC1(C)OB(C2=C(c3ccc(-n4c5ccccc5c5ccccc54)cc3)B(O)c3cccc4cccc2c34)OC1(C)C. The lowest BCUT2D eigenvalue weighted by atomic mass is 9.44. The molecule has 2 aliphatic rings. The normalized spacial score (nSPS) is 17.6. The third kappa shape index (κ3) is 3.56. The monoisotopic (exact) mass is 547 g/mol. The summed E-state index contributed by atoms with van der Waals surface area (Å²) in [6.07, 6.45) is 0. The van der Waals surface area contributed by atoms with Crippen LogP contribution in [0.5, 0.6) is 0 Å². The average Bonchev–Trinajstić information content (AvgIpc) is 3.44. The number of fused-ring (bicyclic) bond motifs is 3. The Labute approximate surface area is 246 Å². The first-order chi connectivity index (χ1) is 20.2. The molecule has 1 N–H and O–H groups in total. The van der Waals surface area contributed by atoms with Crippen molar-refractivity contribution in [2.24, 2.45) is 0 Å². The molecule has 6 heteroatoms. The Balaban J connectivity index is 1.34. The summed E-state index contributed by atoms with van der Waals surface area (Å²) in [5.41, 5.74) is 7.02. The van der Waals surface area contributed by atoms with Gasteiger partial charge < -0.3 is 18.9 Å². The van der Waals surface area contributed by atoms with Crippen molar-refractivity contribution in [3.63, 3.8) is 0 Å². The van der Waals surface area contributed by atoms with E-state index in [0.717, 1.165) is 44.0 Å². The van der Waals surface area contributed by atoms with Crippen LogP contribution in [0.1, 0.15) is 38.8 Å². The molecule has 0 bridgehead atoms. The van der Waals surface area contributed by atoms with Crippen molar-refractivity contribution in [1.29, 1.82) is 0 Å². The summed E-state index contributed by atoms with van der Waals surface area (Å²) in [4.78, 5) is 0. The molecule has 0 unspecified atom stereocenters. The van der Waals surface area contributed by atoms with Crippen LogP contribution in [0.2, 0.25) is 0 Å². The van der Waals surface area contributed by atoms with Crippen molar-refractivity contribution in [3.8, 4) is 5.69 Å². The minimum absolute atomic E-state index is 0.508. The molecule has 3 heterocycles. The molecule has 8 rings (SSSR count). The van der Waals surface area contributed by atoms with Crippen molar-refractivity contribution < 1.29 is 14.3 Å². The van der Waals surface area contributed by atoms with Crippen molar-refractivity contribution in [1.82, 2.24) is 4.57 Å². The molecule has 0 spiro atoms. The molecule has 42 heavy (non-hydrogen) atoms. The Bertz CT molecular complexity index is 2000. The zero-order valence-electron chi connectivity index (χ0n) is 24.3. The maximum absolute atomic E-state index is 12.0. The van der Waals surface area contributed by atoms with Crippen LogP contribution in [-0.4, -0.2) is 34.8 Å². The lowest BCUT2D eigenvalue weighted by Crippen LogP contribution is -2.41. The molecular weight excluding hydrogens is 516 g/mol. The van der Waals surface area contributed by atoms with Gasteiger partial charge in [-0.2, -0.15) is 0 Å². The van der Waals surface area contributed by atoms with E-state index in [1.807, 2.05) is 12.1 Å². The molecule has 5 aromatic carbocycles. The maximum Gasteiger partial charge on any atom is 0.495 e. The lowest BCUT2D eigenvalue weighted by Gasteiger charge is -2.32. The summed E-state index contributed by atoms with van der Waals surface area (Å²) in [5, 5.41) is 16.7. The van der Waals surface area contributed by atoms with Crippen molar-refractivity contribution >= 4 is 63.0 Å². The summed E-state index contributed by atoms with van der Waals surface area (Å²) in [6.45, 7) is 7.46. The average molecular weight is 547 g/mol. The van der Waals surface area contributed by atoms with E-state index in [0.29, 0.717) is 0 Å². The highest BCUT2D eigenvalue weighted by molar-refractivity contribution is 6.93. The Morgan fingerprint density at radius 1 is 0.619 bits per heavy atom. The van der Waals surface area contributed by atoms with Crippen LogP contribution in [0.4, 0.5) is 0 Å². The van der Waals surface area contributed by atoms with Gasteiger partial charge in [-0.25, -0.2) is 0 Å². The van der Waals surface area contributed by atoms with Crippen molar-refractivity contribution in [2.45, 2.75) is 38.9 Å². The molecule has 0 atom stereocenters. The first kappa shape index (κ1) is 25.6. The highest BCUT2D eigenvalue weighted by Gasteiger charge is 2.54. The summed E-state index contributed by atoms with van der Waals surface area (Å²) in [5.74, 6) is 0. The third-order valence-electron chi connectivity index (χ3n) is 9.59. The van der Waals surface area contributed by atoms with Gasteiger partial charge in [0, 0.05) is 16.5 Å². The molecule has 4 nitrogen and oxygen atoms in total. The minimum atomic E-state index is -0.822. The number of para-hydroxylation sites is 2. The number of benzene rings is 5. The largest absolute Gasteiger partial charge is 0.495 e. The Morgan fingerprint density at radius 2 is 1.19 bits per heavy atom. The molecule has 0 amide bonds. The van der Waals surface area contributed by atoms with E-state index < -0.39 is 25.2 Å². The van der Waals surface area contributed by atoms with Crippen molar-refractivity contribution in [2.75, 3.05) is 0 Å². The van der Waals surface area contributed by atoms with Crippen LogP contribution in [0.25, 0.3) is 49.2 Å². The van der Waals surface area contributed by atoms with Gasteiger partial charge in [-0.05, 0) is 90.3 Å². The molecular formula is C36H31B2NO3. The molecule has 0 aliphatic carbocycles. The van der Waals surface area contributed by atoms with E-state index in [9.17, 15) is 5.02 Å². The van der Waals surface area contributed by atoms with Crippen molar-refractivity contribution in [3.05, 3.63) is 120 Å². The zero-order chi connectivity index (χ0) is 28.8. The number of aromatic nitrogens is 1. The Morgan fingerprint density at radius 3 is 1.81 bits per heavy atom. The second-order valence-corrected chi connectivity index (χ2v) is 12.5. The molecule has 1 saturated heterocycles. The highest BCUT2D eigenvalue weighted by Crippen LogP contribution is 2.45. The van der Waals surface area contributed by atoms with Gasteiger partial charge in [0.1, 0.15) is 0 Å². The summed E-state index contributed by atoms with van der Waals surface area (Å²) >= 11 is 0. The van der Waals surface area contributed by atoms with E-state index in [-0.39, 0.29) is 0 Å². The molecule has 0 saturated carbocycles. The van der Waals surface area contributed by atoms with Crippen LogP contribution in [-0.2, 0) is 9.31 Å². The summed E-state index contributed by atoms with van der Waals surface area (Å²) in [6, 6.07) is 38.1. The van der Waals surface area contributed by atoms with Gasteiger partial charge in [0.15, 0.2) is 0 Å². The zero-order valence-corrected chi connectivity index (χ0v) is 24.3. The fourth-order valence-electron chi connectivity index (χ4n) is 6.79. The lowest BCUT2D eigenvalue weighted by molar-refractivity contribution is 0.00578. The summed E-state index contributed by atoms with van der Waals surface area (Å²) < 4.78 is 15.6. The van der Waals surface area contributed by atoms with Gasteiger partial charge in [-0.3, -0.25) is 0 Å². The molecule has 0 radical (unpaired) electrons. The Kier molecular flexibility index (Phi) is 5.46. The highest BCUT2D eigenvalue weighted by atomic mass is 16.7. The van der Waals surface area contributed by atoms with Gasteiger partial charge in [-0.15, -0.1) is 0 Å². The van der Waals surface area contributed by atoms with E-state index in [1.165, 1.54) is 21.8 Å². The quantitative estimate of drug-likeness (QED) is 0.238. The first-order valence-corrected chi connectivity index (χ1v) is 14.6. The number of nitrogens with zero attached hydrogens (tertiary/aromatic N) is 1. The van der Waals surface area contributed by atoms with E-state index in [1.54, 1.807) is 0 Å². The minimum Gasteiger partial charge on any atom is -0.443 e. The number of hydrogen-bond acceptors (Lipinski definition) is 3. The van der Waals surface area contributed by atoms with Gasteiger partial charge >= 0.3 is 14.0 Å². The van der Waals surface area contributed by atoms with E-state index in [2.05, 4.69) is 129 Å². The Hall–Kier alpha value is -4.09. The maximum atomic E-state index is 12.0. The smallest absolute Gasteiger partial charge is 0.443 e. The fraction of sp³-hybridized carbons (Fsp3) is 0.167. The molecule has 1 fully saturated rings. The van der Waals surface area contributed by atoms with E-state index >= 15 is 0 Å². The predicted molar refractivity (Wildman–Crippen MR) is 175 cm³/mol. The molecule has 1 aromatic heterocycles. The van der Waals surface area contributed by atoms with Crippen LogP contribution in [0.15, 0.2) is 109 Å². The van der Waals surface area contributed by atoms with Gasteiger partial charge in [0.2, 0.25) is 0 Å². The second-order valence-electron chi connectivity index (χ2n) is 12.5. The standard InChI is InChI=1S/C36H31B2NO3/c1-35(2)36(3,4)42-38(41-35)34-28-15-9-11-23-12-10-16-29(32(23)28)37(40)33(34)24-19-21-25(22-20-24)39-30-17-7-5-13-26(30)27-14-6-8-18-31(27)39/h5-22,40H,1-4H3. The molecule has 6 aromatic rings.